The lowest BCUT2D eigenvalue weighted by Gasteiger charge is -2.23. The van der Waals surface area contributed by atoms with E-state index in [-0.39, 0.29) is 35.9 Å². The van der Waals surface area contributed by atoms with Crippen molar-refractivity contribution < 1.29 is 4.79 Å². The summed E-state index contributed by atoms with van der Waals surface area (Å²) in [5.74, 6) is 0.321. The largest absolute Gasteiger partial charge is 0.383 e. The van der Waals surface area contributed by atoms with Gasteiger partial charge in [0.1, 0.15) is 18.2 Å². The molecule has 34 heavy (non-hydrogen) atoms. The van der Waals surface area contributed by atoms with Gasteiger partial charge in [-0.15, -0.1) is 0 Å². The molecule has 4 aromatic rings. The maximum Gasteiger partial charge on any atom is 0.330 e. The van der Waals surface area contributed by atoms with Crippen LogP contribution in [-0.2, 0) is 23.3 Å². The third-order valence-electron chi connectivity index (χ3n) is 5.73. The van der Waals surface area contributed by atoms with Crippen LogP contribution in [0.3, 0.4) is 0 Å². The molecule has 0 spiro atoms. The highest BCUT2D eigenvalue weighted by Crippen LogP contribution is 2.27. The average Bonchev–Trinajstić information content (AvgIpc) is 3.16. The van der Waals surface area contributed by atoms with Gasteiger partial charge in [0.2, 0.25) is 5.91 Å². The van der Waals surface area contributed by atoms with Crippen LogP contribution >= 0.6 is 0 Å². The maximum absolute atomic E-state index is 13.4. The minimum absolute atomic E-state index is 0.0414. The number of rotatable bonds is 5. The Labute approximate surface area is 196 Å². The quantitative estimate of drug-likeness (QED) is 0.474. The van der Waals surface area contributed by atoms with E-state index in [2.05, 4.69) is 4.98 Å². The van der Waals surface area contributed by atoms with Crippen molar-refractivity contribution in [2.24, 2.45) is 0 Å². The number of nitrogens with one attached hydrogen (secondary N) is 1. The number of imidazole rings is 1. The molecule has 9 nitrogen and oxygen atoms in total. The van der Waals surface area contributed by atoms with Gasteiger partial charge in [-0.1, -0.05) is 63.2 Å². The summed E-state index contributed by atoms with van der Waals surface area (Å²) in [6.45, 7) is 6.21. The van der Waals surface area contributed by atoms with Crippen molar-refractivity contribution in [2.75, 3.05) is 17.7 Å². The van der Waals surface area contributed by atoms with E-state index in [9.17, 15) is 14.4 Å². The SMILES string of the molecule is CN(C(=O)Cn1c(C(C)(C)C)nc2ccccc21)c1c(N)n(Cc2ccccc2)c(=O)[nH]c1=O. The number of benzene rings is 2. The highest BCUT2D eigenvalue weighted by atomic mass is 16.2. The molecule has 176 valence electrons. The molecule has 0 aliphatic heterocycles. The van der Waals surface area contributed by atoms with E-state index in [1.54, 1.807) is 0 Å². The highest BCUT2D eigenvalue weighted by Gasteiger charge is 2.26. The number of hydrogen-bond acceptors (Lipinski definition) is 5. The Bertz CT molecular complexity index is 1470. The third-order valence-corrected chi connectivity index (χ3v) is 5.73. The Hall–Kier alpha value is -4.14. The average molecular weight is 461 g/mol. The molecule has 2 aromatic heterocycles. The molecule has 0 atom stereocenters. The van der Waals surface area contributed by atoms with Crippen LogP contribution in [0.25, 0.3) is 11.0 Å². The molecule has 0 fully saturated rings. The van der Waals surface area contributed by atoms with Crippen LogP contribution in [0.15, 0.2) is 64.2 Å². The van der Waals surface area contributed by atoms with Crippen LogP contribution in [0.1, 0.15) is 32.2 Å². The number of nitrogens with zero attached hydrogens (tertiary/aromatic N) is 4. The number of fused-ring (bicyclic) bond motifs is 1. The number of aromatic nitrogens is 4. The summed E-state index contributed by atoms with van der Waals surface area (Å²) in [5, 5.41) is 0. The van der Waals surface area contributed by atoms with Gasteiger partial charge in [-0.3, -0.25) is 19.1 Å². The molecule has 0 aliphatic carbocycles. The summed E-state index contributed by atoms with van der Waals surface area (Å²) in [7, 11) is 1.48. The van der Waals surface area contributed by atoms with E-state index in [1.807, 2.05) is 79.9 Å². The number of carbonyl (C=O) groups is 1. The van der Waals surface area contributed by atoms with Gasteiger partial charge >= 0.3 is 5.69 Å². The zero-order chi connectivity index (χ0) is 24.6. The normalized spacial score (nSPS) is 11.6. The van der Waals surface area contributed by atoms with Crippen molar-refractivity contribution in [2.45, 2.75) is 39.3 Å². The number of hydrogen-bond donors (Lipinski definition) is 2. The number of para-hydroxylation sites is 2. The number of aromatic amines is 1. The lowest BCUT2D eigenvalue weighted by atomic mass is 9.95. The van der Waals surface area contributed by atoms with Crippen LogP contribution in [0, 0.1) is 0 Å². The van der Waals surface area contributed by atoms with Crippen molar-refractivity contribution in [3.05, 3.63) is 86.8 Å². The highest BCUT2D eigenvalue weighted by molar-refractivity contribution is 5.95. The molecule has 3 N–H and O–H groups in total. The maximum atomic E-state index is 13.4. The third kappa shape index (κ3) is 4.24. The first kappa shape index (κ1) is 23.0. The molecule has 2 heterocycles. The van der Waals surface area contributed by atoms with E-state index in [0.29, 0.717) is 0 Å². The van der Waals surface area contributed by atoms with Crippen molar-refractivity contribution in [3.8, 4) is 0 Å². The molecule has 9 heteroatoms. The summed E-state index contributed by atoms with van der Waals surface area (Å²) in [4.78, 5) is 46.8. The minimum Gasteiger partial charge on any atom is -0.383 e. The number of anilines is 2. The van der Waals surface area contributed by atoms with Crippen molar-refractivity contribution in [3.63, 3.8) is 0 Å². The van der Waals surface area contributed by atoms with E-state index in [0.717, 1.165) is 22.4 Å². The second-order valence-electron chi connectivity index (χ2n) is 9.28. The van der Waals surface area contributed by atoms with E-state index < -0.39 is 11.2 Å². The number of amides is 1. The number of nitrogen functional groups attached to an aromatic ring is 1. The molecule has 0 bridgehead atoms. The number of H-pyrrole nitrogens is 1. The Morgan fingerprint density at radius 2 is 1.68 bits per heavy atom. The molecule has 0 saturated heterocycles. The van der Waals surface area contributed by atoms with Crippen molar-refractivity contribution >= 4 is 28.4 Å². The molecule has 4 rings (SSSR count). The summed E-state index contributed by atoms with van der Waals surface area (Å²) >= 11 is 0. The Balaban J connectivity index is 1.73. The Morgan fingerprint density at radius 1 is 1.03 bits per heavy atom. The molecule has 0 radical (unpaired) electrons. The standard InChI is InChI=1S/C25H28N6O3/c1-25(2,3)23-27-17-12-8-9-13-18(17)30(23)15-19(32)29(4)20-21(26)31(24(34)28-22(20)33)14-16-10-6-5-7-11-16/h5-13H,14-15,26H2,1-4H3,(H,28,33,34). The fourth-order valence-corrected chi connectivity index (χ4v) is 4.00. The summed E-state index contributed by atoms with van der Waals surface area (Å²) < 4.78 is 3.11. The van der Waals surface area contributed by atoms with Crippen LogP contribution in [0.4, 0.5) is 11.5 Å². The van der Waals surface area contributed by atoms with Crippen molar-refractivity contribution in [1.29, 1.82) is 0 Å². The van der Waals surface area contributed by atoms with Gasteiger partial charge in [0.25, 0.3) is 5.56 Å². The second kappa shape index (κ2) is 8.66. The van der Waals surface area contributed by atoms with Gasteiger partial charge in [0.05, 0.1) is 17.6 Å². The second-order valence-corrected chi connectivity index (χ2v) is 9.28. The molecule has 0 unspecified atom stereocenters. The van der Waals surface area contributed by atoms with Crippen LogP contribution in [0.2, 0.25) is 0 Å². The predicted molar refractivity (Wildman–Crippen MR) is 133 cm³/mol. The molecule has 1 amide bonds. The lowest BCUT2D eigenvalue weighted by molar-refractivity contribution is -0.118. The van der Waals surface area contributed by atoms with Crippen LogP contribution in [0.5, 0.6) is 0 Å². The van der Waals surface area contributed by atoms with E-state index in [1.165, 1.54) is 16.5 Å². The topological polar surface area (TPSA) is 119 Å². The zero-order valence-corrected chi connectivity index (χ0v) is 19.7. The zero-order valence-electron chi connectivity index (χ0n) is 19.7. The van der Waals surface area contributed by atoms with Gasteiger partial charge in [-0.05, 0) is 17.7 Å². The van der Waals surface area contributed by atoms with Gasteiger partial charge in [0, 0.05) is 12.5 Å². The molecular weight excluding hydrogens is 432 g/mol. The van der Waals surface area contributed by atoms with Crippen molar-refractivity contribution in [1.82, 2.24) is 19.1 Å². The first-order chi connectivity index (χ1) is 16.1. The smallest absolute Gasteiger partial charge is 0.330 e. The molecule has 0 saturated carbocycles. The molecule has 2 aromatic carbocycles. The number of likely N-dealkylation sites (N-methyl/N-ethyl adjacent to an activating group) is 1. The summed E-state index contributed by atoms with van der Waals surface area (Å²) in [5.41, 5.74) is 6.99. The monoisotopic (exact) mass is 460 g/mol. The first-order valence-electron chi connectivity index (χ1n) is 11.0. The van der Waals surface area contributed by atoms with Gasteiger partial charge < -0.3 is 15.2 Å². The van der Waals surface area contributed by atoms with E-state index >= 15 is 0 Å². The fourth-order valence-electron chi connectivity index (χ4n) is 4.00. The van der Waals surface area contributed by atoms with Gasteiger partial charge in [0.15, 0.2) is 5.69 Å². The van der Waals surface area contributed by atoms with Gasteiger partial charge in [-0.2, -0.15) is 0 Å². The predicted octanol–water partition coefficient (Wildman–Crippen LogP) is 2.48. The summed E-state index contributed by atoms with van der Waals surface area (Å²) in [6.07, 6.45) is 0. The summed E-state index contributed by atoms with van der Waals surface area (Å²) in [6, 6.07) is 16.9. The molecule has 0 aliphatic rings. The fraction of sp³-hybridized carbons (Fsp3) is 0.280. The lowest BCUT2D eigenvalue weighted by Crippen LogP contribution is -2.40. The Morgan fingerprint density at radius 3 is 2.35 bits per heavy atom. The van der Waals surface area contributed by atoms with Crippen LogP contribution < -0.4 is 21.9 Å². The minimum atomic E-state index is -0.714. The number of carbonyl (C=O) groups excluding carboxylic acids is 1. The van der Waals surface area contributed by atoms with Crippen LogP contribution in [-0.4, -0.2) is 32.1 Å². The first-order valence-corrected chi connectivity index (χ1v) is 11.0. The number of nitrogens with two attached hydrogens (primary N) is 1. The Kier molecular flexibility index (Phi) is 5.87. The molecular formula is C25H28N6O3. The van der Waals surface area contributed by atoms with Gasteiger partial charge in [-0.25, -0.2) is 9.78 Å². The van der Waals surface area contributed by atoms with E-state index in [4.69, 9.17) is 10.7 Å².